The van der Waals surface area contributed by atoms with Gasteiger partial charge >= 0.3 is 0 Å². The van der Waals surface area contributed by atoms with Gasteiger partial charge in [0, 0.05) is 61.5 Å². The summed E-state index contributed by atoms with van der Waals surface area (Å²) in [5, 5.41) is 4.22. The lowest BCUT2D eigenvalue weighted by molar-refractivity contribution is -0.116. The first-order valence-electron chi connectivity index (χ1n) is 9.92. The molecule has 0 aliphatic carbocycles. The normalized spacial score (nSPS) is 15.6. The van der Waals surface area contributed by atoms with Crippen molar-refractivity contribution in [3.8, 4) is 0 Å². The second-order valence-corrected chi connectivity index (χ2v) is 7.63. The molecule has 4 nitrogen and oxygen atoms in total. The van der Waals surface area contributed by atoms with Crippen molar-refractivity contribution < 1.29 is 4.79 Å². The molecule has 4 heteroatoms. The van der Waals surface area contributed by atoms with Gasteiger partial charge in [-0.05, 0) is 36.6 Å². The Morgan fingerprint density at radius 2 is 1.89 bits per heavy atom. The largest absolute Gasteiger partial charge is 0.351 e. The van der Waals surface area contributed by atoms with Crippen molar-refractivity contribution in [2.45, 2.75) is 25.9 Å². The summed E-state index contributed by atoms with van der Waals surface area (Å²) in [6.07, 6.45) is 6.68. The van der Waals surface area contributed by atoms with Crippen molar-refractivity contribution in [2.24, 2.45) is 7.05 Å². The van der Waals surface area contributed by atoms with E-state index in [9.17, 15) is 4.79 Å². The van der Waals surface area contributed by atoms with E-state index < -0.39 is 0 Å². The molecule has 0 fully saturated rings. The molecule has 3 aromatic rings. The van der Waals surface area contributed by atoms with Crippen molar-refractivity contribution >= 4 is 22.9 Å². The number of carbonyl (C=O) groups is 1. The van der Waals surface area contributed by atoms with Gasteiger partial charge in [-0.15, -0.1) is 0 Å². The molecule has 0 bridgehead atoms. The van der Waals surface area contributed by atoms with Gasteiger partial charge in [-0.3, -0.25) is 9.69 Å². The third-order valence-electron chi connectivity index (χ3n) is 5.70. The van der Waals surface area contributed by atoms with Gasteiger partial charge in [0.1, 0.15) is 0 Å². The van der Waals surface area contributed by atoms with Crippen molar-refractivity contribution in [1.29, 1.82) is 0 Å². The summed E-state index contributed by atoms with van der Waals surface area (Å²) in [5.74, 6) is -0.0443. The van der Waals surface area contributed by atoms with Gasteiger partial charge in [0.25, 0.3) is 0 Å². The van der Waals surface area contributed by atoms with Crippen LogP contribution in [0.15, 0.2) is 60.8 Å². The molecule has 1 aromatic heterocycles. The fraction of sp³-hybridized carbons (Fsp3) is 0.292. The van der Waals surface area contributed by atoms with Crippen molar-refractivity contribution in [3.63, 3.8) is 0 Å². The molecule has 1 N–H and O–H groups in total. The van der Waals surface area contributed by atoms with Gasteiger partial charge in [-0.2, -0.15) is 0 Å². The summed E-state index contributed by atoms with van der Waals surface area (Å²) in [6, 6.07) is 17.2. The first kappa shape index (κ1) is 18.5. The fourth-order valence-corrected chi connectivity index (χ4v) is 4.00. The number of aryl methyl sites for hydroxylation is 1. The van der Waals surface area contributed by atoms with E-state index in [0.717, 1.165) is 30.5 Å². The molecule has 1 atom stereocenters. The van der Waals surface area contributed by atoms with E-state index in [0.29, 0.717) is 12.6 Å². The molecule has 0 saturated heterocycles. The number of benzene rings is 2. The average molecular weight is 374 g/mol. The molecule has 0 radical (unpaired) electrons. The van der Waals surface area contributed by atoms with Crippen LogP contribution >= 0.6 is 0 Å². The topological polar surface area (TPSA) is 37.3 Å². The van der Waals surface area contributed by atoms with Gasteiger partial charge in [0.05, 0.1) is 0 Å². The molecule has 1 amide bonds. The molecule has 1 unspecified atom stereocenters. The summed E-state index contributed by atoms with van der Waals surface area (Å²) in [4.78, 5) is 14.8. The monoisotopic (exact) mass is 373 g/mol. The van der Waals surface area contributed by atoms with E-state index in [1.54, 1.807) is 6.08 Å². The maximum atomic E-state index is 12.3. The van der Waals surface area contributed by atoms with E-state index in [-0.39, 0.29) is 5.91 Å². The number of nitrogens with zero attached hydrogens (tertiary/aromatic N) is 2. The number of rotatable bonds is 5. The second kappa shape index (κ2) is 8.03. The Morgan fingerprint density at radius 1 is 1.14 bits per heavy atom. The molecular weight excluding hydrogens is 346 g/mol. The zero-order chi connectivity index (χ0) is 19.5. The van der Waals surface area contributed by atoms with E-state index in [1.165, 1.54) is 16.6 Å². The van der Waals surface area contributed by atoms with Crippen molar-refractivity contribution in [2.75, 3.05) is 13.1 Å². The van der Waals surface area contributed by atoms with Gasteiger partial charge in [-0.1, -0.05) is 42.5 Å². The second-order valence-electron chi connectivity index (χ2n) is 7.63. The van der Waals surface area contributed by atoms with Crippen molar-refractivity contribution in [1.82, 2.24) is 14.8 Å². The highest BCUT2D eigenvalue weighted by Crippen LogP contribution is 2.22. The minimum absolute atomic E-state index is 0.0443. The Balaban J connectivity index is 1.33. The van der Waals surface area contributed by atoms with Crippen molar-refractivity contribution in [3.05, 3.63) is 77.5 Å². The number of para-hydroxylation sites is 1. The zero-order valence-corrected chi connectivity index (χ0v) is 16.6. The van der Waals surface area contributed by atoms with Crippen LogP contribution in [0, 0.1) is 0 Å². The average Bonchev–Trinajstić information content (AvgIpc) is 3.06. The summed E-state index contributed by atoms with van der Waals surface area (Å²) in [5.41, 5.74) is 5.09. The van der Waals surface area contributed by atoms with Crippen LogP contribution in [0.4, 0.5) is 0 Å². The number of aromatic nitrogens is 1. The Kier molecular flexibility index (Phi) is 5.31. The molecule has 2 aromatic carbocycles. The standard InChI is InChI=1S/C24H27N3O/c1-18(27-14-13-19-7-3-4-8-20(19)17-27)15-25-24(28)12-11-21-16-26(2)23-10-6-5-9-22(21)23/h3-12,16,18H,13-15,17H2,1-2H3,(H,25,28)/b12-11+. The van der Waals surface area contributed by atoms with Crippen LogP contribution in [0.1, 0.15) is 23.6 Å². The molecule has 4 rings (SSSR count). The molecule has 1 aliphatic heterocycles. The first-order chi connectivity index (χ1) is 13.6. The molecule has 1 aliphatic rings. The van der Waals surface area contributed by atoms with Crippen LogP contribution < -0.4 is 5.32 Å². The number of fused-ring (bicyclic) bond motifs is 2. The first-order valence-corrected chi connectivity index (χ1v) is 9.92. The zero-order valence-electron chi connectivity index (χ0n) is 16.6. The highest BCUT2D eigenvalue weighted by molar-refractivity contribution is 5.96. The lowest BCUT2D eigenvalue weighted by Gasteiger charge is -2.33. The van der Waals surface area contributed by atoms with Gasteiger partial charge < -0.3 is 9.88 Å². The number of amides is 1. The Bertz CT molecular complexity index is 1020. The van der Waals surface area contributed by atoms with Gasteiger partial charge in [0.15, 0.2) is 0 Å². The smallest absolute Gasteiger partial charge is 0.244 e. The van der Waals surface area contributed by atoms with E-state index in [2.05, 4.69) is 64.3 Å². The summed E-state index contributed by atoms with van der Waals surface area (Å²) < 4.78 is 2.09. The third-order valence-corrected chi connectivity index (χ3v) is 5.70. The Hall–Kier alpha value is -2.85. The highest BCUT2D eigenvalue weighted by atomic mass is 16.1. The summed E-state index contributed by atoms with van der Waals surface area (Å²) in [7, 11) is 2.03. The van der Waals surface area contributed by atoms with Gasteiger partial charge in [0.2, 0.25) is 5.91 Å². The van der Waals surface area contributed by atoms with E-state index >= 15 is 0 Å². The molecule has 28 heavy (non-hydrogen) atoms. The third kappa shape index (κ3) is 3.87. The van der Waals surface area contributed by atoms with Crippen LogP contribution in [0.5, 0.6) is 0 Å². The predicted molar refractivity (Wildman–Crippen MR) is 115 cm³/mol. The van der Waals surface area contributed by atoms with Crippen LogP contribution in [-0.2, 0) is 24.8 Å². The number of nitrogens with one attached hydrogen (secondary N) is 1. The highest BCUT2D eigenvalue weighted by Gasteiger charge is 2.20. The lowest BCUT2D eigenvalue weighted by atomic mass is 9.99. The molecule has 0 saturated carbocycles. The Morgan fingerprint density at radius 3 is 2.75 bits per heavy atom. The maximum absolute atomic E-state index is 12.3. The molecule has 0 spiro atoms. The van der Waals surface area contributed by atoms with Crippen LogP contribution in [0.25, 0.3) is 17.0 Å². The fourth-order valence-electron chi connectivity index (χ4n) is 4.00. The van der Waals surface area contributed by atoms with E-state index in [1.807, 2.05) is 25.3 Å². The minimum atomic E-state index is -0.0443. The Labute approximate surface area is 166 Å². The van der Waals surface area contributed by atoms with Crippen LogP contribution in [0.2, 0.25) is 0 Å². The number of carbonyl (C=O) groups excluding carboxylic acids is 1. The lowest BCUT2D eigenvalue weighted by Crippen LogP contribution is -2.44. The van der Waals surface area contributed by atoms with Gasteiger partial charge in [-0.25, -0.2) is 0 Å². The molecular formula is C24H27N3O. The quantitative estimate of drug-likeness (QED) is 0.692. The predicted octanol–water partition coefficient (Wildman–Crippen LogP) is 3.75. The van der Waals surface area contributed by atoms with Crippen LogP contribution in [0.3, 0.4) is 0 Å². The van der Waals surface area contributed by atoms with E-state index in [4.69, 9.17) is 0 Å². The SMILES string of the molecule is CC(CNC(=O)/C=C/c1cn(C)c2ccccc12)N1CCc2ccccc2C1. The minimum Gasteiger partial charge on any atom is -0.351 e. The van der Waals surface area contributed by atoms with Crippen LogP contribution in [-0.4, -0.2) is 34.5 Å². The summed E-state index contributed by atoms with van der Waals surface area (Å²) >= 11 is 0. The molecule has 144 valence electrons. The molecule has 2 heterocycles. The number of hydrogen-bond donors (Lipinski definition) is 1. The maximum Gasteiger partial charge on any atom is 0.244 e. The number of hydrogen-bond acceptors (Lipinski definition) is 2. The summed E-state index contributed by atoms with van der Waals surface area (Å²) in [6.45, 7) is 4.84.